The van der Waals surface area contributed by atoms with Gasteiger partial charge in [0.1, 0.15) is 11.5 Å². The Morgan fingerprint density at radius 3 is 2.29 bits per heavy atom. The molecule has 1 N–H and O–H groups in total. The Morgan fingerprint density at radius 1 is 1.06 bits per heavy atom. The average molecular weight is 423 g/mol. The lowest BCUT2D eigenvalue weighted by Crippen LogP contribution is -2.35. The minimum absolute atomic E-state index is 0.120. The molecule has 0 aromatic heterocycles. The van der Waals surface area contributed by atoms with E-state index in [2.05, 4.69) is 0 Å². The van der Waals surface area contributed by atoms with Gasteiger partial charge in [0, 0.05) is 18.7 Å². The van der Waals surface area contributed by atoms with E-state index in [-0.39, 0.29) is 11.3 Å². The number of Topliss-reactive ketones (excluding diaryl/α,β-unsaturated/α-hetero) is 1. The van der Waals surface area contributed by atoms with Gasteiger partial charge in [-0.3, -0.25) is 9.59 Å². The van der Waals surface area contributed by atoms with Crippen molar-refractivity contribution in [3.8, 4) is 5.75 Å². The van der Waals surface area contributed by atoms with Crippen molar-refractivity contribution < 1.29 is 19.4 Å². The fourth-order valence-corrected chi connectivity index (χ4v) is 3.60. The van der Waals surface area contributed by atoms with Gasteiger partial charge >= 0.3 is 0 Å². The number of rotatable bonds is 8. The number of nitrogens with zero attached hydrogens (tertiary/aromatic N) is 2. The first-order valence-electron chi connectivity index (χ1n) is 10.6. The van der Waals surface area contributed by atoms with Crippen LogP contribution in [0.2, 0.25) is 0 Å². The van der Waals surface area contributed by atoms with Gasteiger partial charge in [0.05, 0.1) is 18.2 Å². The van der Waals surface area contributed by atoms with Crippen LogP contribution in [0.4, 0.5) is 0 Å². The van der Waals surface area contributed by atoms with E-state index >= 15 is 0 Å². The fraction of sp³-hybridized carbons (Fsp3) is 0.360. The zero-order valence-electron chi connectivity index (χ0n) is 18.6. The van der Waals surface area contributed by atoms with Gasteiger partial charge < -0.3 is 19.6 Å². The van der Waals surface area contributed by atoms with Crippen LogP contribution < -0.4 is 4.74 Å². The van der Waals surface area contributed by atoms with Gasteiger partial charge in [0.2, 0.25) is 0 Å². The maximum absolute atomic E-state index is 13.0. The minimum Gasteiger partial charge on any atom is -0.507 e. The summed E-state index contributed by atoms with van der Waals surface area (Å²) in [6.07, 6.45) is 0.897. The molecule has 1 amide bonds. The van der Waals surface area contributed by atoms with E-state index in [9.17, 15) is 14.7 Å². The number of aliphatic hydroxyl groups excluding tert-OH is 1. The summed E-state index contributed by atoms with van der Waals surface area (Å²) >= 11 is 0. The van der Waals surface area contributed by atoms with Crippen molar-refractivity contribution in [2.24, 2.45) is 0 Å². The highest BCUT2D eigenvalue weighted by Crippen LogP contribution is 2.39. The lowest BCUT2D eigenvalue weighted by Gasteiger charge is -2.26. The van der Waals surface area contributed by atoms with Crippen LogP contribution in [0.5, 0.6) is 5.75 Å². The molecule has 1 atom stereocenters. The van der Waals surface area contributed by atoms with Crippen LogP contribution in [-0.2, 0) is 9.59 Å². The molecule has 2 aromatic carbocycles. The second kappa shape index (κ2) is 9.79. The third-order valence-corrected chi connectivity index (χ3v) is 5.32. The molecule has 0 saturated carbocycles. The SMILES string of the molecule is CCCOc1ccc(/C(O)=C2\C(=O)C(=O)N(CCN(C)C)C2c2ccc(C)cc2)cc1. The molecule has 0 spiro atoms. The second-order valence-corrected chi connectivity index (χ2v) is 8.08. The molecule has 3 rings (SSSR count). The van der Waals surface area contributed by atoms with Crippen LogP contribution in [-0.4, -0.2) is 60.4 Å². The first-order valence-corrected chi connectivity index (χ1v) is 10.6. The average Bonchev–Trinajstić information content (AvgIpc) is 3.01. The molecular formula is C25H30N2O4. The number of carbonyl (C=O) groups is 2. The Hall–Kier alpha value is -3.12. The number of ketones is 1. The summed E-state index contributed by atoms with van der Waals surface area (Å²) in [6.45, 7) is 5.61. The predicted molar refractivity (Wildman–Crippen MR) is 121 cm³/mol. The van der Waals surface area contributed by atoms with Gasteiger partial charge in [-0.1, -0.05) is 36.8 Å². The number of aryl methyl sites for hydroxylation is 1. The van der Waals surface area contributed by atoms with E-state index in [0.717, 1.165) is 17.5 Å². The molecule has 1 saturated heterocycles. The molecular weight excluding hydrogens is 392 g/mol. The van der Waals surface area contributed by atoms with Crippen LogP contribution in [0, 0.1) is 6.92 Å². The number of ether oxygens (including phenoxy) is 1. The summed E-state index contributed by atoms with van der Waals surface area (Å²) in [6, 6.07) is 14.0. The van der Waals surface area contributed by atoms with E-state index in [1.165, 1.54) is 0 Å². The van der Waals surface area contributed by atoms with Gasteiger partial charge in [0.25, 0.3) is 11.7 Å². The predicted octanol–water partition coefficient (Wildman–Crippen LogP) is 3.77. The Bertz CT molecular complexity index is 962. The molecule has 1 aliphatic rings. The quantitative estimate of drug-likeness (QED) is 0.398. The van der Waals surface area contributed by atoms with Crippen LogP contribution in [0.1, 0.15) is 36.1 Å². The third kappa shape index (κ3) is 4.97. The first-order chi connectivity index (χ1) is 14.8. The van der Waals surface area contributed by atoms with Crippen LogP contribution in [0.15, 0.2) is 54.1 Å². The van der Waals surface area contributed by atoms with Crippen molar-refractivity contribution in [1.82, 2.24) is 9.80 Å². The molecule has 0 aliphatic carbocycles. The van der Waals surface area contributed by atoms with Gasteiger partial charge in [-0.25, -0.2) is 0 Å². The lowest BCUT2D eigenvalue weighted by atomic mass is 9.94. The maximum atomic E-state index is 13.0. The molecule has 2 aromatic rings. The maximum Gasteiger partial charge on any atom is 0.295 e. The van der Waals surface area contributed by atoms with Crippen LogP contribution in [0.3, 0.4) is 0 Å². The van der Waals surface area contributed by atoms with E-state index in [1.54, 1.807) is 29.2 Å². The van der Waals surface area contributed by atoms with Crippen molar-refractivity contribution in [3.63, 3.8) is 0 Å². The summed E-state index contributed by atoms with van der Waals surface area (Å²) in [5.41, 5.74) is 2.48. The third-order valence-electron chi connectivity index (χ3n) is 5.32. The van der Waals surface area contributed by atoms with Gasteiger partial charge in [0.15, 0.2) is 0 Å². The van der Waals surface area contributed by atoms with Gasteiger partial charge in [-0.15, -0.1) is 0 Å². The lowest BCUT2D eigenvalue weighted by molar-refractivity contribution is -0.140. The zero-order chi connectivity index (χ0) is 22.5. The molecule has 6 heteroatoms. The fourth-order valence-electron chi connectivity index (χ4n) is 3.60. The molecule has 1 unspecified atom stereocenters. The van der Waals surface area contributed by atoms with E-state index in [4.69, 9.17) is 4.74 Å². The molecule has 1 fully saturated rings. The molecule has 6 nitrogen and oxygen atoms in total. The van der Waals surface area contributed by atoms with Crippen molar-refractivity contribution in [2.45, 2.75) is 26.3 Å². The zero-order valence-corrected chi connectivity index (χ0v) is 18.6. The summed E-state index contributed by atoms with van der Waals surface area (Å²) in [5.74, 6) is -0.719. The molecule has 1 aliphatic heterocycles. The van der Waals surface area contributed by atoms with E-state index < -0.39 is 17.7 Å². The monoisotopic (exact) mass is 422 g/mol. The Labute approximate surface area is 183 Å². The standard InChI is InChI=1S/C25H30N2O4/c1-5-16-31-20-12-10-19(11-13-20)23(28)21-22(18-8-6-17(2)7-9-18)27(15-14-26(3)4)25(30)24(21)29/h6-13,22,28H,5,14-16H2,1-4H3/b23-21+. The minimum atomic E-state index is -0.659. The van der Waals surface area contributed by atoms with Crippen LogP contribution in [0.25, 0.3) is 5.76 Å². The number of carbonyl (C=O) groups excluding carboxylic acids is 2. The van der Waals surface area contributed by atoms with Gasteiger partial charge in [-0.05, 0) is 57.3 Å². The highest BCUT2D eigenvalue weighted by atomic mass is 16.5. The van der Waals surface area contributed by atoms with Crippen molar-refractivity contribution in [3.05, 3.63) is 70.8 Å². The Kier molecular flexibility index (Phi) is 7.13. The molecule has 0 radical (unpaired) electrons. The number of hydrogen-bond acceptors (Lipinski definition) is 5. The molecule has 1 heterocycles. The number of likely N-dealkylation sites (tertiary alicyclic amines) is 1. The smallest absolute Gasteiger partial charge is 0.295 e. The summed E-state index contributed by atoms with van der Waals surface area (Å²) in [7, 11) is 3.83. The van der Waals surface area contributed by atoms with E-state index in [1.807, 2.05) is 57.1 Å². The highest BCUT2D eigenvalue weighted by molar-refractivity contribution is 6.46. The van der Waals surface area contributed by atoms with Crippen molar-refractivity contribution in [2.75, 3.05) is 33.8 Å². The van der Waals surface area contributed by atoms with Crippen molar-refractivity contribution in [1.29, 1.82) is 0 Å². The molecule has 0 bridgehead atoms. The van der Waals surface area contributed by atoms with E-state index in [0.29, 0.717) is 31.0 Å². The molecule has 164 valence electrons. The second-order valence-electron chi connectivity index (χ2n) is 8.08. The van der Waals surface area contributed by atoms with Gasteiger partial charge in [-0.2, -0.15) is 0 Å². The summed E-state index contributed by atoms with van der Waals surface area (Å²) in [4.78, 5) is 29.4. The number of hydrogen-bond donors (Lipinski definition) is 1. The number of benzene rings is 2. The Morgan fingerprint density at radius 2 is 1.71 bits per heavy atom. The normalized spacial score (nSPS) is 18.1. The number of likely N-dealkylation sites (N-methyl/N-ethyl adjacent to an activating group) is 1. The largest absolute Gasteiger partial charge is 0.507 e. The summed E-state index contributed by atoms with van der Waals surface area (Å²) < 4.78 is 5.59. The number of amides is 1. The summed E-state index contributed by atoms with van der Waals surface area (Å²) in [5, 5.41) is 11.1. The van der Waals surface area contributed by atoms with Crippen molar-refractivity contribution >= 4 is 17.4 Å². The topological polar surface area (TPSA) is 70.1 Å². The van der Waals surface area contributed by atoms with Crippen LogP contribution >= 0.6 is 0 Å². The highest BCUT2D eigenvalue weighted by Gasteiger charge is 2.45. The number of aliphatic hydroxyl groups is 1. The molecule has 31 heavy (non-hydrogen) atoms. The first kappa shape index (κ1) is 22.6. The Balaban J connectivity index is 2.04.